The zero-order valence-electron chi connectivity index (χ0n) is 27.2. The lowest BCUT2D eigenvalue weighted by Gasteiger charge is -2.30. The van der Waals surface area contributed by atoms with E-state index in [1.165, 1.54) is 66.1 Å². The van der Waals surface area contributed by atoms with E-state index in [2.05, 4.69) is 195 Å². The highest BCUT2D eigenvalue weighted by molar-refractivity contribution is 6.08. The highest BCUT2D eigenvalue weighted by Crippen LogP contribution is 2.51. The third kappa shape index (κ3) is 4.54. The van der Waals surface area contributed by atoms with E-state index >= 15 is 0 Å². The standard InChI is InChI=1S/C47H35N/c1-47(2)43-20-9-8-18-41(43)42-29-28-39(31-44(42)47)48(38-26-24-34(25-27-38)32-12-4-3-5-13-32)45-21-11-17-35-16-10-19-40(46(35)45)37-23-22-33-14-6-7-15-36(33)30-37/h3-31H,1-2H3. The maximum atomic E-state index is 2.46. The fourth-order valence-corrected chi connectivity index (χ4v) is 7.80. The Morgan fingerprint density at radius 3 is 1.81 bits per heavy atom. The topological polar surface area (TPSA) is 3.24 Å². The average molecular weight is 614 g/mol. The lowest BCUT2D eigenvalue weighted by Crippen LogP contribution is -2.16. The van der Waals surface area contributed by atoms with Gasteiger partial charge >= 0.3 is 0 Å². The van der Waals surface area contributed by atoms with Crippen LogP contribution >= 0.6 is 0 Å². The van der Waals surface area contributed by atoms with Gasteiger partial charge in [0.05, 0.1) is 5.69 Å². The maximum absolute atomic E-state index is 2.46. The van der Waals surface area contributed by atoms with Crippen molar-refractivity contribution in [1.82, 2.24) is 0 Å². The van der Waals surface area contributed by atoms with Crippen molar-refractivity contribution in [2.75, 3.05) is 4.90 Å². The van der Waals surface area contributed by atoms with E-state index in [1.54, 1.807) is 0 Å². The maximum Gasteiger partial charge on any atom is 0.0546 e. The Bertz CT molecular complexity index is 2460. The number of nitrogens with zero attached hydrogens (tertiary/aromatic N) is 1. The van der Waals surface area contributed by atoms with Gasteiger partial charge in [-0.05, 0) is 97.1 Å². The Balaban J connectivity index is 1.28. The number of anilines is 3. The highest BCUT2D eigenvalue weighted by atomic mass is 15.1. The van der Waals surface area contributed by atoms with Crippen molar-refractivity contribution < 1.29 is 0 Å². The average Bonchev–Trinajstić information content (AvgIpc) is 3.37. The van der Waals surface area contributed by atoms with Gasteiger partial charge in [0.1, 0.15) is 0 Å². The van der Waals surface area contributed by atoms with Crippen LogP contribution in [0.3, 0.4) is 0 Å². The van der Waals surface area contributed by atoms with Crippen LogP contribution in [0.5, 0.6) is 0 Å². The van der Waals surface area contributed by atoms with Gasteiger partial charge in [-0.15, -0.1) is 0 Å². The fraction of sp³-hybridized carbons (Fsp3) is 0.0638. The summed E-state index contributed by atoms with van der Waals surface area (Å²) in [5, 5.41) is 4.96. The zero-order chi connectivity index (χ0) is 32.2. The monoisotopic (exact) mass is 613 g/mol. The van der Waals surface area contributed by atoms with E-state index in [0.29, 0.717) is 0 Å². The number of hydrogen-bond donors (Lipinski definition) is 0. The Morgan fingerprint density at radius 1 is 0.375 bits per heavy atom. The summed E-state index contributed by atoms with van der Waals surface area (Å²) in [6.07, 6.45) is 0. The molecular formula is C47H35N. The van der Waals surface area contributed by atoms with E-state index in [1.807, 2.05) is 0 Å². The van der Waals surface area contributed by atoms with E-state index in [-0.39, 0.29) is 5.41 Å². The van der Waals surface area contributed by atoms with Crippen LogP contribution in [0, 0.1) is 0 Å². The Labute approximate surface area is 282 Å². The quantitative estimate of drug-likeness (QED) is 0.187. The van der Waals surface area contributed by atoms with Gasteiger partial charge in [-0.3, -0.25) is 0 Å². The predicted molar refractivity (Wildman–Crippen MR) is 205 cm³/mol. The minimum absolute atomic E-state index is 0.0974. The molecule has 1 aliphatic carbocycles. The van der Waals surface area contributed by atoms with Crippen LogP contribution in [0.15, 0.2) is 176 Å². The van der Waals surface area contributed by atoms with Crippen molar-refractivity contribution in [3.05, 3.63) is 187 Å². The summed E-state index contributed by atoms with van der Waals surface area (Å²) in [4.78, 5) is 2.46. The molecule has 9 rings (SSSR count). The molecule has 1 nitrogen and oxygen atoms in total. The summed E-state index contributed by atoms with van der Waals surface area (Å²) in [5.41, 5.74) is 13.6. The summed E-state index contributed by atoms with van der Waals surface area (Å²) in [5.74, 6) is 0. The molecule has 0 amide bonds. The van der Waals surface area contributed by atoms with Crippen LogP contribution in [0.4, 0.5) is 17.1 Å². The van der Waals surface area contributed by atoms with Gasteiger partial charge in [0.25, 0.3) is 0 Å². The first-order valence-corrected chi connectivity index (χ1v) is 16.8. The molecule has 1 aliphatic rings. The summed E-state index contributed by atoms with van der Waals surface area (Å²) < 4.78 is 0. The van der Waals surface area contributed by atoms with Gasteiger partial charge in [0.15, 0.2) is 0 Å². The second kappa shape index (κ2) is 11.1. The molecule has 228 valence electrons. The Morgan fingerprint density at radius 2 is 0.979 bits per heavy atom. The van der Waals surface area contributed by atoms with E-state index < -0.39 is 0 Å². The first kappa shape index (κ1) is 28.3. The Hall–Kier alpha value is -5.92. The van der Waals surface area contributed by atoms with Crippen LogP contribution in [0.2, 0.25) is 0 Å². The molecule has 0 bridgehead atoms. The number of rotatable bonds is 5. The van der Waals surface area contributed by atoms with Crippen LogP contribution < -0.4 is 4.90 Å². The molecule has 0 unspecified atom stereocenters. The largest absolute Gasteiger partial charge is 0.310 e. The molecule has 0 aliphatic heterocycles. The van der Waals surface area contributed by atoms with Crippen molar-refractivity contribution >= 4 is 38.6 Å². The van der Waals surface area contributed by atoms with Crippen molar-refractivity contribution in [3.63, 3.8) is 0 Å². The van der Waals surface area contributed by atoms with E-state index in [4.69, 9.17) is 0 Å². The molecule has 0 saturated heterocycles. The third-order valence-corrected chi connectivity index (χ3v) is 10.2. The molecule has 0 atom stereocenters. The fourth-order valence-electron chi connectivity index (χ4n) is 7.80. The van der Waals surface area contributed by atoms with Crippen LogP contribution in [-0.4, -0.2) is 0 Å². The number of benzene rings is 8. The lowest BCUT2D eigenvalue weighted by atomic mass is 9.82. The van der Waals surface area contributed by atoms with Gasteiger partial charge < -0.3 is 4.90 Å². The van der Waals surface area contributed by atoms with Gasteiger partial charge in [-0.1, -0.05) is 153 Å². The lowest BCUT2D eigenvalue weighted by molar-refractivity contribution is 0.660. The summed E-state index contributed by atoms with van der Waals surface area (Å²) in [6.45, 7) is 4.71. The van der Waals surface area contributed by atoms with Crippen LogP contribution in [-0.2, 0) is 5.41 Å². The van der Waals surface area contributed by atoms with Crippen molar-refractivity contribution in [1.29, 1.82) is 0 Å². The number of fused-ring (bicyclic) bond motifs is 5. The second-order valence-electron chi connectivity index (χ2n) is 13.4. The predicted octanol–water partition coefficient (Wildman–Crippen LogP) is 13.1. The van der Waals surface area contributed by atoms with E-state index in [0.717, 1.165) is 17.1 Å². The minimum Gasteiger partial charge on any atom is -0.310 e. The smallest absolute Gasteiger partial charge is 0.0546 e. The summed E-state index contributed by atoms with van der Waals surface area (Å²) in [7, 11) is 0. The molecule has 8 aromatic rings. The van der Waals surface area contributed by atoms with Crippen molar-refractivity contribution in [2.45, 2.75) is 19.3 Å². The van der Waals surface area contributed by atoms with Crippen LogP contribution in [0.1, 0.15) is 25.0 Å². The molecule has 0 fully saturated rings. The molecular weight excluding hydrogens is 579 g/mol. The Kier molecular flexibility index (Phi) is 6.55. The van der Waals surface area contributed by atoms with E-state index in [9.17, 15) is 0 Å². The first-order chi connectivity index (χ1) is 23.6. The normalized spacial score (nSPS) is 13.0. The third-order valence-electron chi connectivity index (χ3n) is 10.2. The molecule has 0 heterocycles. The molecule has 1 heteroatoms. The zero-order valence-corrected chi connectivity index (χ0v) is 27.2. The highest BCUT2D eigenvalue weighted by Gasteiger charge is 2.35. The van der Waals surface area contributed by atoms with Crippen molar-refractivity contribution in [2.24, 2.45) is 0 Å². The van der Waals surface area contributed by atoms with Gasteiger partial charge in [0.2, 0.25) is 0 Å². The second-order valence-corrected chi connectivity index (χ2v) is 13.4. The SMILES string of the molecule is CC1(C)c2ccccc2-c2ccc(N(c3ccc(-c4ccccc4)cc3)c3cccc4cccc(-c5ccc6ccccc6c5)c34)cc21. The summed E-state index contributed by atoms with van der Waals surface area (Å²) in [6, 6.07) is 64.5. The molecule has 48 heavy (non-hydrogen) atoms. The molecule has 0 aromatic heterocycles. The molecule has 8 aromatic carbocycles. The number of hydrogen-bond acceptors (Lipinski definition) is 1. The van der Waals surface area contributed by atoms with Gasteiger partial charge in [-0.25, -0.2) is 0 Å². The molecule has 0 N–H and O–H groups in total. The first-order valence-electron chi connectivity index (χ1n) is 16.8. The molecule has 0 spiro atoms. The summed E-state index contributed by atoms with van der Waals surface area (Å²) >= 11 is 0. The van der Waals surface area contributed by atoms with Gasteiger partial charge in [-0.2, -0.15) is 0 Å². The van der Waals surface area contributed by atoms with Crippen molar-refractivity contribution in [3.8, 4) is 33.4 Å². The molecule has 0 radical (unpaired) electrons. The van der Waals surface area contributed by atoms with Gasteiger partial charge in [0, 0.05) is 22.2 Å². The minimum atomic E-state index is -0.0974. The molecule has 0 saturated carbocycles. The van der Waals surface area contributed by atoms with Crippen LogP contribution in [0.25, 0.3) is 54.9 Å².